The van der Waals surface area contributed by atoms with Crippen molar-refractivity contribution >= 4 is 5.91 Å². The number of aryl methyl sites for hydroxylation is 1. The molecule has 0 bridgehead atoms. The molecular weight excluding hydrogens is 230 g/mol. The second kappa shape index (κ2) is 5.82. The van der Waals surface area contributed by atoms with Crippen LogP contribution in [0.2, 0.25) is 0 Å². The Morgan fingerprint density at radius 2 is 2.06 bits per heavy atom. The van der Waals surface area contributed by atoms with Gasteiger partial charge in [0.05, 0.1) is 5.56 Å². The summed E-state index contributed by atoms with van der Waals surface area (Å²) in [6.45, 7) is 6.17. The number of pyridine rings is 1. The number of hydrogen-bond acceptors (Lipinski definition) is 3. The quantitative estimate of drug-likeness (QED) is 0.727. The minimum absolute atomic E-state index is 0.208. The Bertz CT molecular complexity index is 475. The van der Waals surface area contributed by atoms with Crippen molar-refractivity contribution in [1.82, 2.24) is 10.3 Å². The van der Waals surface area contributed by atoms with Gasteiger partial charge in [-0.15, -0.1) is 0 Å². The number of hydrogen-bond donors (Lipinski definition) is 3. The molecule has 0 spiro atoms. The zero-order chi connectivity index (χ0) is 13.8. The monoisotopic (exact) mass is 251 g/mol. The Balaban J connectivity index is 2.74. The van der Waals surface area contributed by atoms with E-state index < -0.39 is 0 Å². The number of aromatic nitrogens is 1. The number of rotatable bonds is 5. The highest BCUT2D eigenvalue weighted by Gasteiger charge is 2.21. The molecule has 18 heavy (non-hydrogen) atoms. The van der Waals surface area contributed by atoms with E-state index in [1.807, 2.05) is 13.8 Å². The number of aromatic amines is 1. The number of amides is 1. The van der Waals surface area contributed by atoms with Crippen LogP contribution in [0.1, 0.15) is 42.6 Å². The van der Waals surface area contributed by atoms with Crippen molar-refractivity contribution in [2.45, 2.75) is 39.2 Å². The van der Waals surface area contributed by atoms with Crippen molar-refractivity contribution in [3.05, 3.63) is 33.7 Å². The van der Waals surface area contributed by atoms with Crippen molar-refractivity contribution in [3.63, 3.8) is 0 Å². The van der Waals surface area contributed by atoms with E-state index >= 15 is 0 Å². The van der Waals surface area contributed by atoms with Gasteiger partial charge in [-0.05, 0) is 25.3 Å². The van der Waals surface area contributed by atoms with E-state index in [1.54, 1.807) is 6.92 Å². The average Bonchev–Trinajstić information content (AvgIpc) is 2.35. The van der Waals surface area contributed by atoms with E-state index in [1.165, 1.54) is 12.3 Å². The fraction of sp³-hybridized carbons (Fsp3) is 0.538. The number of carbonyl (C=O) groups is 1. The van der Waals surface area contributed by atoms with Crippen LogP contribution < -0.4 is 16.6 Å². The topological polar surface area (TPSA) is 88.0 Å². The Hall–Kier alpha value is -1.62. The molecule has 0 aliphatic carbocycles. The molecule has 5 nitrogen and oxygen atoms in total. The molecule has 1 amide bonds. The molecule has 0 saturated heterocycles. The third kappa shape index (κ3) is 3.43. The minimum Gasteiger partial charge on any atom is -0.350 e. The van der Waals surface area contributed by atoms with Crippen molar-refractivity contribution in [1.29, 1.82) is 0 Å². The SMILES string of the molecule is CCC(N)(CC)CNC(=O)c1c[nH]c(=O)cc1C. The molecule has 0 aliphatic rings. The lowest BCUT2D eigenvalue weighted by Crippen LogP contribution is -2.49. The van der Waals surface area contributed by atoms with Crippen LogP contribution in [0.15, 0.2) is 17.1 Å². The average molecular weight is 251 g/mol. The highest BCUT2D eigenvalue weighted by molar-refractivity contribution is 5.95. The molecule has 100 valence electrons. The second-order valence-electron chi connectivity index (χ2n) is 4.65. The summed E-state index contributed by atoms with van der Waals surface area (Å²) >= 11 is 0. The van der Waals surface area contributed by atoms with Crippen molar-refractivity contribution < 1.29 is 4.79 Å². The predicted octanol–water partition coefficient (Wildman–Crippen LogP) is 0.931. The first kappa shape index (κ1) is 14.4. The summed E-state index contributed by atoms with van der Waals surface area (Å²) in [6, 6.07) is 1.41. The van der Waals surface area contributed by atoms with Crippen molar-refractivity contribution in [2.24, 2.45) is 5.73 Å². The fourth-order valence-corrected chi connectivity index (χ4v) is 1.67. The van der Waals surface area contributed by atoms with Crippen LogP contribution >= 0.6 is 0 Å². The normalized spacial score (nSPS) is 11.3. The third-order valence-electron chi connectivity index (χ3n) is 3.39. The van der Waals surface area contributed by atoms with Crippen molar-refractivity contribution in [2.75, 3.05) is 6.54 Å². The summed E-state index contributed by atoms with van der Waals surface area (Å²) in [4.78, 5) is 25.5. The highest BCUT2D eigenvalue weighted by Crippen LogP contribution is 2.10. The number of nitrogens with two attached hydrogens (primary N) is 1. The molecule has 0 saturated carbocycles. The molecule has 1 heterocycles. The molecule has 4 N–H and O–H groups in total. The smallest absolute Gasteiger partial charge is 0.253 e. The summed E-state index contributed by atoms with van der Waals surface area (Å²) < 4.78 is 0. The molecule has 0 radical (unpaired) electrons. The summed E-state index contributed by atoms with van der Waals surface area (Å²) in [5.74, 6) is -0.208. The molecule has 0 unspecified atom stereocenters. The number of carbonyl (C=O) groups excluding carboxylic acids is 1. The zero-order valence-corrected chi connectivity index (χ0v) is 11.2. The van der Waals surface area contributed by atoms with Crippen molar-refractivity contribution in [3.8, 4) is 0 Å². The molecule has 1 rings (SSSR count). The van der Waals surface area contributed by atoms with Gasteiger partial charge in [-0.2, -0.15) is 0 Å². The van der Waals surface area contributed by atoms with E-state index in [9.17, 15) is 9.59 Å². The molecular formula is C13H21N3O2. The fourth-order valence-electron chi connectivity index (χ4n) is 1.67. The maximum Gasteiger partial charge on any atom is 0.253 e. The Morgan fingerprint density at radius 1 is 1.44 bits per heavy atom. The lowest BCUT2D eigenvalue weighted by Gasteiger charge is -2.26. The van der Waals surface area contributed by atoms with Crippen LogP contribution in [0.3, 0.4) is 0 Å². The van der Waals surface area contributed by atoms with Crippen LogP contribution in [0.4, 0.5) is 0 Å². The Kier molecular flexibility index (Phi) is 4.67. The van der Waals surface area contributed by atoms with Gasteiger partial charge in [-0.1, -0.05) is 13.8 Å². The van der Waals surface area contributed by atoms with Gasteiger partial charge in [0.15, 0.2) is 0 Å². The molecule has 0 atom stereocenters. The predicted molar refractivity (Wildman–Crippen MR) is 71.6 cm³/mol. The van der Waals surface area contributed by atoms with E-state index in [0.717, 1.165) is 12.8 Å². The van der Waals surface area contributed by atoms with Gasteiger partial charge in [0.25, 0.3) is 5.91 Å². The standard InChI is InChI=1S/C13H21N3O2/c1-4-13(14,5-2)8-16-12(18)10-7-15-11(17)6-9(10)3/h6-7H,4-5,8,14H2,1-3H3,(H,15,17)(H,16,18). The van der Waals surface area contributed by atoms with Crippen LogP contribution in [0.25, 0.3) is 0 Å². The van der Waals surface area contributed by atoms with Crippen LogP contribution in [-0.4, -0.2) is 23.0 Å². The third-order valence-corrected chi connectivity index (χ3v) is 3.39. The molecule has 0 fully saturated rings. The van der Waals surface area contributed by atoms with Crippen LogP contribution in [0, 0.1) is 6.92 Å². The molecule has 1 aromatic rings. The maximum absolute atomic E-state index is 12.0. The van der Waals surface area contributed by atoms with E-state index in [0.29, 0.717) is 17.7 Å². The minimum atomic E-state index is -0.369. The first-order valence-corrected chi connectivity index (χ1v) is 6.18. The van der Waals surface area contributed by atoms with Gasteiger partial charge in [0, 0.05) is 24.3 Å². The summed E-state index contributed by atoms with van der Waals surface area (Å²) in [5.41, 5.74) is 6.67. The maximum atomic E-state index is 12.0. The van der Waals surface area contributed by atoms with E-state index in [2.05, 4.69) is 10.3 Å². The Labute approximate surface area is 107 Å². The zero-order valence-electron chi connectivity index (χ0n) is 11.2. The first-order valence-electron chi connectivity index (χ1n) is 6.18. The van der Waals surface area contributed by atoms with Gasteiger partial charge in [0.1, 0.15) is 0 Å². The number of nitrogens with one attached hydrogen (secondary N) is 2. The second-order valence-corrected chi connectivity index (χ2v) is 4.65. The van der Waals surface area contributed by atoms with Crippen LogP contribution in [-0.2, 0) is 0 Å². The van der Waals surface area contributed by atoms with Gasteiger partial charge >= 0.3 is 0 Å². The summed E-state index contributed by atoms with van der Waals surface area (Å²) in [5, 5.41) is 2.82. The van der Waals surface area contributed by atoms with Gasteiger partial charge in [0.2, 0.25) is 5.56 Å². The Morgan fingerprint density at radius 3 is 2.56 bits per heavy atom. The lowest BCUT2D eigenvalue weighted by atomic mass is 9.94. The highest BCUT2D eigenvalue weighted by atomic mass is 16.1. The molecule has 0 aromatic carbocycles. The largest absolute Gasteiger partial charge is 0.350 e. The van der Waals surface area contributed by atoms with Gasteiger partial charge < -0.3 is 16.0 Å². The molecule has 5 heteroatoms. The summed E-state index contributed by atoms with van der Waals surface area (Å²) in [7, 11) is 0. The molecule has 0 aliphatic heterocycles. The number of H-pyrrole nitrogens is 1. The first-order chi connectivity index (χ1) is 8.41. The van der Waals surface area contributed by atoms with Gasteiger partial charge in [-0.3, -0.25) is 9.59 Å². The lowest BCUT2D eigenvalue weighted by molar-refractivity contribution is 0.0941. The van der Waals surface area contributed by atoms with Crippen LogP contribution in [0.5, 0.6) is 0 Å². The summed E-state index contributed by atoms with van der Waals surface area (Å²) in [6.07, 6.45) is 3.03. The molecule has 1 aromatic heterocycles. The van der Waals surface area contributed by atoms with Gasteiger partial charge in [-0.25, -0.2) is 0 Å². The van der Waals surface area contributed by atoms with E-state index in [-0.39, 0.29) is 17.0 Å². The van der Waals surface area contributed by atoms with E-state index in [4.69, 9.17) is 5.73 Å².